The molecule has 4 rings (SSSR count). The van der Waals surface area contributed by atoms with Gasteiger partial charge in [0.2, 0.25) is 0 Å². The summed E-state index contributed by atoms with van der Waals surface area (Å²) in [5, 5.41) is 0. The predicted molar refractivity (Wildman–Crippen MR) is 112 cm³/mol. The minimum Gasteiger partial charge on any atom is -0.273 e. The van der Waals surface area contributed by atoms with Crippen LogP contribution in [0.4, 0.5) is 0 Å². The molecule has 0 unspecified atom stereocenters. The average molecular weight is 422 g/mol. The van der Waals surface area contributed by atoms with Crippen molar-refractivity contribution >= 4 is 3.21 Å². The molecule has 0 spiro atoms. The molecule has 0 fully saturated rings. The summed E-state index contributed by atoms with van der Waals surface area (Å²) in [6.45, 7) is 8.61. The Morgan fingerprint density at radius 3 is 2.19 bits per heavy atom. The Morgan fingerprint density at radius 1 is 1.00 bits per heavy atom. The molecule has 0 amide bonds. The maximum Gasteiger partial charge on any atom is -0.0253 e. The van der Waals surface area contributed by atoms with E-state index in [4.69, 9.17) is 0 Å². The summed E-state index contributed by atoms with van der Waals surface area (Å²) in [5.74, 6) is 0. The number of hydrogen-bond donors (Lipinski definition) is 0. The molecule has 0 atom stereocenters. The van der Waals surface area contributed by atoms with Crippen LogP contribution in [0, 0.1) is 12.1 Å². The summed E-state index contributed by atoms with van der Waals surface area (Å²) in [7, 11) is 0. The van der Waals surface area contributed by atoms with E-state index in [9.17, 15) is 0 Å². The molecule has 0 aliphatic heterocycles. The first-order valence-corrected chi connectivity index (χ1v) is 10.6. The fourth-order valence-corrected chi connectivity index (χ4v) is 2.34. The molecule has 1 heteroatoms. The Labute approximate surface area is 175 Å². The Morgan fingerprint density at radius 2 is 1.65 bits per heavy atom. The third-order valence-corrected chi connectivity index (χ3v) is 3.70. The topological polar surface area (TPSA) is 0 Å². The van der Waals surface area contributed by atoms with Crippen LogP contribution in [0.1, 0.15) is 58.1 Å². The fourth-order valence-electron chi connectivity index (χ4n) is 2.34. The van der Waals surface area contributed by atoms with Crippen molar-refractivity contribution < 1.29 is 24.2 Å². The van der Waals surface area contributed by atoms with Crippen molar-refractivity contribution in [2.75, 3.05) is 0 Å². The molecular weight excluding hydrogens is 391 g/mol. The molecule has 2 aromatic rings. The number of unbranched alkanes of at least 4 members (excludes halogenated alkanes) is 1. The van der Waals surface area contributed by atoms with Crippen molar-refractivity contribution in [3.05, 3.63) is 84.0 Å². The third kappa shape index (κ3) is 8.86. The normalized spacial score (nSPS) is 11.8. The Balaban J connectivity index is 0.000000216. The number of hydrogen-bond acceptors (Lipinski definition) is 0. The van der Waals surface area contributed by atoms with Gasteiger partial charge in [0.05, 0.1) is 0 Å². The van der Waals surface area contributed by atoms with Gasteiger partial charge < -0.3 is 0 Å². The van der Waals surface area contributed by atoms with Crippen LogP contribution in [0.5, 0.6) is 0 Å². The smallest absolute Gasteiger partial charge is 0.0253 e. The minimum atomic E-state index is 1.01. The van der Waals surface area contributed by atoms with E-state index in [0.717, 1.165) is 12.8 Å². The van der Waals surface area contributed by atoms with Crippen LogP contribution in [-0.4, -0.2) is 3.21 Å². The number of fused-ring (bicyclic) bond motifs is 3. The molecule has 0 saturated carbocycles. The number of rotatable bonds is 1. The van der Waals surface area contributed by atoms with Gasteiger partial charge in [-0.05, 0) is 6.42 Å². The van der Waals surface area contributed by atoms with Gasteiger partial charge in [0.25, 0.3) is 0 Å². The summed E-state index contributed by atoms with van der Waals surface area (Å²) < 4.78 is 1.51. The van der Waals surface area contributed by atoms with Gasteiger partial charge in [0.15, 0.2) is 0 Å². The molecule has 0 nitrogen and oxygen atoms in total. The first kappa shape index (κ1) is 22.7. The first-order valence-electron chi connectivity index (χ1n) is 9.41. The van der Waals surface area contributed by atoms with Gasteiger partial charge in [-0.15, -0.1) is 12.0 Å². The number of allylic oxidation sites excluding steroid dienone is 4. The van der Waals surface area contributed by atoms with Crippen LogP contribution < -0.4 is 0 Å². The molecule has 0 N–H and O–H groups in total. The van der Waals surface area contributed by atoms with Gasteiger partial charge >= 0.3 is 41.3 Å². The van der Waals surface area contributed by atoms with Gasteiger partial charge in [-0.25, -0.2) is 12.2 Å². The molecule has 0 bridgehead atoms. The second-order valence-corrected chi connectivity index (χ2v) is 8.86. The van der Waals surface area contributed by atoms with Crippen molar-refractivity contribution in [2.45, 2.75) is 53.4 Å². The molecule has 0 heterocycles. The van der Waals surface area contributed by atoms with Crippen LogP contribution in [0.2, 0.25) is 0 Å². The van der Waals surface area contributed by atoms with Crippen LogP contribution >= 0.6 is 0 Å². The molecule has 0 aromatic heterocycles. The second-order valence-electron chi connectivity index (χ2n) is 6.40. The Hall–Kier alpha value is -1.33. The van der Waals surface area contributed by atoms with Crippen LogP contribution in [-0.2, 0) is 30.7 Å². The Bertz CT molecular complexity index is 663. The van der Waals surface area contributed by atoms with Crippen LogP contribution in [0.25, 0.3) is 11.1 Å². The molecule has 0 saturated heterocycles. The zero-order valence-electron chi connectivity index (χ0n) is 16.6. The monoisotopic (exact) mass is 420 g/mol. The van der Waals surface area contributed by atoms with Gasteiger partial charge in [0, 0.05) is 0 Å². The molecule has 2 aliphatic carbocycles. The summed E-state index contributed by atoms with van der Waals surface area (Å²) >= 11 is 1.55. The van der Waals surface area contributed by atoms with Gasteiger partial charge in [-0.2, -0.15) is 35.9 Å². The first-order chi connectivity index (χ1) is 12.6. The van der Waals surface area contributed by atoms with Crippen molar-refractivity contribution in [2.24, 2.45) is 0 Å². The molecule has 134 valence electrons. The van der Waals surface area contributed by atoms with Crippen LogP contribution in [0.3, 0.4) is 0 Å². The van der Waals surface area contributed by atoms with Gasteiger partial charge in [-0.1, -0.05) is 62.1 Å². The van der Waals surface area contributed by atoms with E-state index in [2.05, 4.69) is 82.3 Å². The van der Waals surface area contributed by atoms with Crippen molar-refractivity contribution in [1.29, 1.82) is 0 Å². The standard InChI is InChI=1S/C13H9.C5H5.C4H10.C3H6.Zr/c1-3-7-12-10(5-1)9-11-6-2-4-8-13(11)12;1-2-4-5-3-1;1-3-4-2;1-3-2;/h1-5,7-8H,9H2;1-3H,4H2;3-4H2,1-2H3;1-2H3;/q2*-1;;;+2. The third-order valence-electron chi connectivity index (χ3n) is 3.70. The van der Waals surface area contributed by atoms with E-state index in [-0.39, 0.29) is 0 Å². The summed E-state index contributed by atoms with van der Waals surface area (Å²) in [5.41, 5.74) is 5.51. The second kappa shape index (κ2) is 13.8. The van der Waals surface area contributed by atoms with E-state index in [1.54, 1.807) is 24.2 Å². The maximum absolute atomic E-state index is 3.30. The average Bonchev–Trinajstić information content (AvgIpc) is 3.33. The quantitative estimate of drug-likeness (QED) is 0.374. The Kier molecular flexibility index (Phi) is 12.1. The van der Waals surface area contributed by atoms with Gasteiger partial charge in [-0.3, -0.25) is 6.08 Å². The summed E-state index contributed by atoms with van der Waals surface area (Å²) in [6, 6.07) is 18.1. The van der Waals surface area contributed by atoms with Gasteiger partial charge in [0.1, 0.15) is 0 Å². The van der Waals surface area contributed by atoms with Crippen molar-refractivity contribution in [3.8, 4) is 11.1 Å². The maximum atomic E-state index is 3.30. The van der Waals surface area contributed by atoms with Crippen molar-refractivity contribution in [3.63, 3.8) is 0 Å². The number of benzene rings is 2. The SMILES string of the molecule is CCCC.C[C](C)=[Zr+2].[C-]1=CC=CC1.[c-]1cccc2c1Cc1ccccc1-2. The van der Waals surface area contributed by atoms with E-state index in [1.165, 1.54) is 38.3 Å². The summed E-state index contributed by atoms with van der Waals surface area (Å²) in [6.07, 6.45) is 13.7. The zero-order chi connectivity index (χ0) is 19.2. The fraction of sp³-hybridized carbons (Fsp3) is 0.320. The van der Waals surface area contributed by atoms with E-state index in [0.29, 0.717) is 0 Å². The van der Waals surface area contributed by atoms with Crippen LogP contribution in [0.15, 0.2) is 60.7 Å². The molecule has 2 aromatic carbocycles. The van der Waals surface area contributed by atoms with E-state index < -0.39 is 0 Å². The zero-order valence-corrected chi connectivity index (χ0v) is 19.1. The molecule has 0 radical (unpaired) electrons. The largest absolute Gasteiger partial charge is 0.273 e. The van der Waals surface area contributed by atoms with Crippen molar-refractivity contribution in [1.82, 2.24) is 0 Å². The predicted octanol–water partition coefficient (Wildman–Crippen LogP) is 6.92. The molecular formula is C25H30Zr. The minimum absolute atomic E-state index is 1.01. The molecule has 26 heavy (non-hydrogen) atoms. The van der Waals surface area contributed by atoms with E-state index >= 15 is 0 Å². The van der Waals surface area contributed by atoms with E-state index in [1.807, 2.05) is 18.2 Å². The summed E-state index contributed by atoms with van der Waals surface area (Å²) in [4.78, 5) is 0. The molecule has 2 aliphatic rings.